The molecule has 128 valence electrons. The Bertz CT molecular complexity index is 861. The van der Waals surface area contributed by atoms with Crippen molar-refractivity contribution in [3.8, 4) is 11.4 Å². The standard InChI is InChI=1S/C16H20N4O3S/c17-10-14-9-15(21)19-16(18-14)13-3-1-12(2-4-13)11-20-5-7-24(22,23)8-6-20/h1-4,9H,5-8,10-11,17H2,(H,18,19,21). The van der Waals surface area contributed by atoms with Gasteiger partial charge < -0.3 is 10.7 Å². The van der Waals surface area contributed by atoms with Crippen LogP contribution in [0.1, 0.15) is 11.3 Å². The van der Waals surface area contributed by atoms with Gasteiger partial charge in [0.15, 0.2) is 9.84 Å². The molecular weight excluding hydrogens is 328 g/mol. The molecule has 7 nitrogen and oxygen atoms in total. The molecule has 2 aromatic rings. The Morgan fingerprint density at radius 2 is 1.83 bits per heavy atom. The van der Waals surface area contributed by atoms with Crippen molar-refractivity contribution in [2.75, 3.05) is 24.6 Å². The van der Waals surface area contributed by atoms with Crippen LogP contribution in [0.25, 0.3) is 11.4 Å². The molecule has 0 atom stereocenters. The number of nitrogens with one attached hydrogen (secondary N) is 1. The summed E-state index contributed by atoms with van der Waals surface area (Å²) in [5.74, 6) is 0.947. The first-order valence-electron chi connectivity index (χ1n) is 7.77. The molecule has 8 heteroatoms. The van der Waals surface area contributed by atoms with Gasteiger partial charge in [-0.05, 0) is 5.56 Å². The molecule has 0 amide bonds. The van der Waals surface area contributed by atoms with Crippen molar-refractivity contribution >= 4 is 9.84 Å². The first-order chi connectivity index (χ1) is 11.4. The lowest BCUT2D eigenvalue weighted by Gasteiger charge is -2.26. The second-order valence-corrected chi connectivity index (χ2v) is 8.22. The predicted molar refractivity (Wildman–Crippen MR) is 92.1 cm³/mol. The minimum Gasteiger partial charge on any atom is -0.325 e. The van der Waals surface area contributed by atoms with Crippen molar-refractivity contribution in [1.82, 2.24) is 14.9 Å². The van der Waals surface area contributed by atoms with E-state index >= 15 is 0 Å². The summed E-state index contributed by atoms with van der Waals surface area (Å²) in [7, 11) is -2.86. The van der Waals surface area contributed by atoms with Crippen molar-refractivity contribution in [2.45, 2.75) is 13.1 Å². The Labute approximate surface area is 140 Å². The number of aromatic nitrogens is 2. The average molecular weight is 348 g/mol. The van der Waals surface area contributed by atoms with Gasteiger partial charge in [-0.2, -0.15) is 0 Å². The molecule has 1 aliphatic heterocycles. The van der Waals surface area contributed by atoms with E-state index in [-0.39, 0.29) is 23.6 Å². The van der Waals surface area contributed by atoms with Crippen LogP contribution in [0, 0.1) is 0 Å². The van der Waals surface area contributed by atoms with Gasteiger partial charge in [-0.15, -0.1) is 0 Å². The zero-order chi connectivity index (χ0) is 17.2. The van der Waals surface area contributed by atoms with Gasteiger partial charge in [0.1, 0.15) is 5.82 Å². The van der Waals surface area contributed by atoms with Crippen LogP contribution in [0.4, 0.5) is 0 Å². The van der Waals surface area contributed by atoms with Crippen molar-refractivity contribution in [1.29, 1.82) is 0 Å². The third-order valence-corrected chi connectivity index (χ3v) is 5.68. The molecule has 0 aliphatic carbocycles. The number of aromatic amines is 1. The number of hydrogen-bond donors (Lipinski definition) is 2. The summed E-state index contributed by atoms with van der Waals surface area (Å²) in [6.45, 7) is 2.06. The third kappa shape index (κ3) is 4.08. The number of nitrogens with zero attached hydrogens (tertiary/aromatic N) is 2. The third-order valence-electron chi connectivity index (χ3n) is 4.07. The highest BCUT2D eigenvalue weighted by Gasteiger charge is 2.21. The van der Waals surface area contributed by atoms with Crippen LogP contribution in [0.5, 0.6) is 0 Å². The first-order valence-corrected chi connectivity index (χ1v) is 9.60. The van der Waals surface area contributed by atoms with E-state index in [1.54, 1.807) is 0 Å². The highest BCUT2D eigenvalue weighted by atomic mass is 32.2. The van der Waals surface area contributed by atoms with E-state index in [4.69, 9.17) is 5.73 Å². The minimum absolute atomic E-state index is 0.215. The van der Waals surface area contributed by atoms with Gasteiger partial charge in [0.2, 0.25) is 0 Å². The second kappa shape index (κ2) is 6.84. The largest absolute Gasteiger partial charge is 0.325 e. The number of rotatable bonds is 4. The van der Waals surface area contributed by atoms with Crippen LogP contribution in [0.2, 0.25) is 0 Å². The van der Waals surface area contributed by atoms with Gasteiger partial charge in [0, 0.05) is 37.8 Å². The van der Waals surface area contributed by atoms with Crippen LogP contribution in [0.15, 0.2) is 35.1 Å². The molecule has 1 aliphatic rings. The summed E-state index contributed by atoms with van der Waals surface area (Å²) < 4.78 is 22.9. The number of hydrogen-bond acceptors (Lipinski definition) is 6. The molecule has 0 saturated carbocycles. The van der Waals surface area contributed by atoms with Gasteiger partial charge >= 0.3 is 0 Å². The number of sulfone groups is 1. The molecule has 0 bridgehead atoms. The molecular formula is C16H20N4O3S. The highest BCUT2D eigenvalue weighted by Crippen LogP contribution is 2.16. The Hall–Kier alpha value is -2.03. The van der Waals surface area contributed by atoms with E-state index in [1.165, 1.54) is 6.07 Å². The van der Waals surface area contributed by atoms with E-state index < -0.39 is 9.84 Å². The molecule has 2 heterocycles. The average Bonchev–Trinajstić information content (AvgIpc) is 2.57. The Kier molecular flexibility index (Phi) is 4.79. The van der Waals surface area contributed by atoms with E-state index in [2.05, 4.69) is 14.9 Å². The molecule has 1 fully saturated rings. The Balaban J connectivity index is 1.72. The zero-order valence-corrected chi connectivity index (χ0v) is 14.1. The van der Waals surface area contributed by atoms with E-state index in [0.717, 1.165) is 11.1 Å². The molecule has 0 radical (unpaired) electrons. The number of H-pyrrole nitrogens is 1. The molecule has 1 saturated heterocycles. The fourth-order valence-electron chi connectivity index (χ4n) is 2.68. The van der Waals surface area contributed by atoms with Gasteiger partial charge in [-0.1, -0.05) is 24.3 Å². The van der Waals surface area contributed by atoms with E-state index in [1.807, 2.05) is 24.3 Å². The monoisotopic (exact) mass is 348 g/mol. The Morgan fingerprint density at radius 1 is 1.17 bits per heavy atom. The van der Waals surface area contributed by atoms with Gasteiger partial charge in [0.05, 0.1) is 17.2 Å². The summed E-state index contributed by atoms with van der Waals surface area (Å²) in [6, 6.07) is 9.12. The highest BCUT2D eigenvalue weighted by molar-refractivity contribution is 7.91. The van der Waals surface area contributed by atoms with Crippen LogP contribution in [-0.4, -0.2) is 47.9 Å². The first kappa shape index (κ1) is 16.8. The zero-order valence-electron chi connectivity index (χ0n) is 13.2. The lowest BCUT2D eigenvalue weighted by Crippen LogP contribution is -2.39. The number of benzene rings is 1. The molecule has 0 spiro atoms. The maximum atomic E-state index is 11.6. The fourth-order valence-corrected chi connectivity index (χ4v) is 3.96. The molecule has 0 unspecified atom stereocenters. The van der Waals surface area contributed by atoms with Crippen LogP contribution in [0.3, 0.4) is 0 Å². The normalized spacial score (nSPS) is 17.7. The smallest absolute Gasteiger partial charge is 0.251 e. The fraction of sp³-hybridized carbons (Fsp3) is 0.375. The van der Waals surface area contributed by atoms with Gasteiger partial charge in [-0.3, -0.25) is 9.69 Å². The maximum Gasteiger partial charge on any atom is 0.251 e. The lowest BCUT2D eigenvalue weighted by atomic mass is 10.1. The Morgan fingerprint density at radius 3 is 2.46 bits per heavy atom. The SMILES string of the molecule is NCc1cc(=O)[nH]c(-c2ccc(CN3CCS(=O)(=O)CC3)cc2)n1. The maximum absolute atomic E-state index is 11.6. The van der Waals surface area contributed by atoms with Crippen LogP contribution < -0.4 is 11.3 Å². The quantitative estimate of drug-likeness (QED) is 0.813. The van der Waals surface area contributed by atoms with Crippen LogP contribution in [-0.2, 0) is 22.9 Å². The van der Waals surface area contributed by atoms with E-state index in [0.29, 0.717) is 31.2 Å². The van der Waals surface area contributed by atoms with Crippen molar-refractivity contribution in [3.05, 3.63) is 51.9 Å². The molecule has 3 N–H and O–H groups in total. The summed E-state index contributed by atoms with van der Waals surface area (Å²) in [5.41, 5.74) is 7.78. The number of nitrogens with two attached hydrogens (primary N) is 1. The van der Waals surface area contributed by atoms with Crippen molar-refractivity contribution in [2.24, 2.45) is 5.73 Å². The molecule has 3 rings (SSSR count). The van der Waals surface area contributed by atoms with Crippen molar-refractivity contribution < 1.29 is 8.42 Å². The van der Waals surface area contributed by atoms with Crippen LogP contribution >= 0.6 is 0 Å². The van der Waals surface area contributed by atoms with E-state index in [9.17, 15) is 13.2 Å². The topological polar surface area (TPSA) is 109 Å². The molecule has 1 aromatic carbocycles. The predicted octanol–water partition coefficient (Wildman–Crippen LogP) is 0.126. The van der Waals surface area contributed by atoms with Crippen molar-refractivity contribution in [3.63, 3.8) is 0 Å². The molecule has 24 heavy (non-hydrogen) atoms. The molecule has 1 aromatic heterocycles. The second-order valence-electron chi connectivity index (χ2n) is 5.91. The van der Waals surface area contributed by atoms with Gasteiger partial charge in [-0.25, -0.2) is 13.4 Å². The summed E-state index contributed by atoms with van der Waals surface area (Å²) in [6.07, 6.45) is 0. The van der Waals surface area contributed by atoms with Gasteiger partial charge in [0.25, 0.3) is 5.56 Å². The lowest BCUT2D eigenvalue weighted by molar-refractivity contribution is 0.287. The summed E-state index contributed by atoms with van der Waals surface area (Å²) >= 11 is 0. The minimum atomic E-state index is -2.86. The summed E-state index contributed by atoms with van der Waals surface area (Å²) in [5, 5.41) is 0. The summed E-state index contributed by atoms with van der Waals surface area (Å²) in [4.78, 5) is 20.8.